The van der Waals surface area contributed by atoms with Crippen LogP contribution in [0.4, 0.5) is 0 Å². The molecule has 2 aliphatic carbocycles. The van der Waals surface area contributed by atoms with Crippen molar-refractivity contribution < 1.29 is 43.1 Å². The number of aromatic nitrogens is 2. The minimum atomic E-state index is -1.16. The molecule has 2 aromatic rings. The number of hydrogen-bond donors (Lipinski definition) is 4. The summed E-state index contributed by atoms with van der Waals surface area (Å²) in [5.74, 6) is -2.78. The fraction of sp³-hybridized carbons (Fsp3) is 0.595. The smallest absolute Gasteiger partial charge is 0.289 e. The molecule has 7 rings (SSSR count). The zero-order chi connectivity index (χ0) is 41.9. The Kier molecular flexibility index (Phi) is 12.2. The summed E-state index contributed by atoms with van der Waals surface area (Å²) in [6.45, 7) is 7.32. The highest BCUT2D eigenvalue weighted by Crippen LogP contribution is 2.41. The van der Waals surface area contributed by atoms with Crippen molar-refractivity contribution in [3.05, 3.63) is 48.0 Å². The lowest BCUT2D eigenvalue weighted by atomic mass is 9.82. The first-order valence-corrected chi connectivity index (χ1v) is 20.7. The zero-order valence-corrected chi connectivity index (χ0v) is 34.1. The van der Waals surface area contributed by atoms with Gasteiger partial charge in [-0.2, -0.15) is 0 Å². The van der Waals surface area contributed by atoms with Gasteiger partial charge in [-0.05, 0) is 61.6 Å². The van der Waals surface area contributed by atoms with Gasteiger partial charge < -0.3 is 40.5 Å². The van der Waals surface area contributed by atoms with E-state index in [0.29, 0.717) is 36.5 Å². The molecule has 1 aromatic heterocycles. The Morgan fingerprint density at radius 1 is 0.949 bits per heavy atom. The van der Waals surface area contributed by atoms with Gasteiger partial charge in [0, 0.05) is 36.8 Å². The average Bonchev–Trinajstić information content (AvgIpc) is 3.57. The number of hydrogen-bond acceptors (Lipinski definition) is 12. The van der Waals surface area contributed by atoms with Gasteiger partial charge in [-0.1, -0.05) is 58.5 Å². The van der Waals surface area contributed by atoms with Crippen molar-refractivity contribution in [3.8, 4) is 11.5 Å². The number of Topliss-reactive ketones (excluding diaryl/α,β-unsaturated/α-hetero) is 1. The van der Waals surface area contributed by atoms with E-state index in [2.05, 4.69) is 36.4 Å². The average molecular weight is 815 g/mol. The number of ketones is 1. The van der Waals surface area contributed by atoms with Gasteiger partial charge in [-0.3, -0.25) is 33.8 Å². The van der Waals surface area contributed by atoms with Gasteiger partial charge in [0.05, 0.1) is 24.5 Å². The molecule has 316 valence electrons. The third-order valence-corrected chi connectivity index (χ3v) is 11.8. The second kappa shape index (κ2) is 17.3. The van der Waals surface area contributed by atoms with Crippen LogP contribution in [0.1, 0.15) is 114 Å². The maximum Gasteiger partial charge on any atom is 0.289 e. The van der Waals surface area contributed by atoms with Crippen LogP contribution in [0.15, 0.2) is 41.9 Å². The summed E-state index contributed by atoms with van der Waals surface area (Å²) in [4.78, 5) is 99.1. The van der Waals surface area contributed by atoms with E-state index in [-0.39, 0.29) is 50.3 Å². The van der Waals surface area contributed by atoms with Crippen LogP contribution in [0.2, 0.25) is 0 Å². The first kappa shape index (κ1) is 41.5. The molecular weight excluding hydrogens is 761 g/mol. The van der Waals surface area contributed by atoms with E-state index in [1.165, 1.54) is 23.5 Å². The molecule has 4 N–H and O–H groups in total. The summed E-state index contributed by atoms with van der Waals surface area (Å²) in [6.07, 6.45) is 11.0. The molecule has 1 aromatic carbocycles. The standard InChI is InChI=1S/C42H54N8O9/c1-5-9-27(34(51)39(55)45-26-13-14-26)46-37(53)30-20-42(19-28(49-59-42)25-12-15-31-32(18-25)58-23-57-31)22-50(30)40(56)35(41(2,3)4)48-38(54)33(24-10-7-6-8-11-24)47-36(52)29-21-43-16-17-44-29/h12,15-18,21,24,26-27,30,33,35H,5-11,13-14,19-20,22-23H2,1-4H3,(H,45,55)(H,46,53)(H,47,52)(H,48,54)/t27-,30-,33-,35+,42+/m0/s1. The first-order valence-electron chi connectivity index (χ1n) is 20.7. The second-order valence-corrected chi connectivity index (χ2v) is 17.5. The largest absolute Gasteiger partial charge is 0.454 e. The van der Waals surface area contributed by atoms with Crippen LogP contribution in [-0.2, 0) is 28.8 Å². The second-order valence-electron chi connectivity index (χ2n) is 17.5. The van der Waals surface area contributed by atoms with Crippen LogP contribution >= 0.6 is 0 Å². The number of oxime groups is 1. The lowest BCUT2D eigenvalue weighted by molar-refractivity contribution is -0.145. The molecule has 3 aliphatic heterocycles. The van der Waals surface area contributed by atoms with E-state index in [4.69, 9.17) is 14.3 Å². The molecule has 17 nitrogen and oxygen atoms in total. The van der Waals surface area contributed by atoms with E-state index in [9.17, 15) is 24.0 Å². The maximum absolute atomic E-state index is 15.1. The third-order valence-electron chi connectivity index (χ3n) is 11.8. The molecule has 59 heavy (non-hydrogen) atoms. The van der Waals surface area contributed by atoms with Crippen LogP contribution in [-0.4, -0.2) is 105 Å². The molecule has 1 saturated heterocycles. The summed E-state index contributed by atoms with van der Waals surface area (Å²) in [5, 5.41) is 15.8. The summed E-state index contributed by atoms with van der Waals surface area (Å²) in [6, 6.07) is 0.976. The van der Waals surface area contributed by atoms with Crippen LogP contribution in [0.25, 0.3) is 0 Å². The quantitative estimate of drug-likeness (QED) is 0.203. The minimum Gasteiger partial charge on any atom is -0.454 e. The molecule has 0 unspecified atom stereocenters. The van der Waals surface area contributed by atoms with Crippen molar-refractivity contribution >= 4 is 41.0 Å². The van der Waals surface area contributed by atoms with Gasteiger partial charge in [0.2, 0.25) is 30.3 Å². The Bertz CT molecular complexity index is 1980. The molecule has 5 amide bonds. The van der Waals surface area contributed by atoms with Gasteiger partial charge in [-0.15, -0.1) is 0 Å². The molecule has 3 fully saturated rings. The topological polar surface area (TPSA) is 220 Å². The predicted molar refractivity (Wildman–Crippen MR) is 212 cm³/mol. The predicted octanol–water partition coefficient (Wildman–Crippen LogP) is 2.71. The molecule has 5 atom stereocenters. The van der Waals surface area contributed by atoms with Crippen molar-refractivity contribution in [1.29, 1.82) is 0 Å². The van der Waals surface area contributed by atoms with Crippen LogP contribution in [0, 0.1) is 11.3 Å². The Hall–Kier alpha value is -5.61. The molecule has 1 spiro atoms. The van der Waals surface area contributed by atoms with Gasteiger partial charge in [0.15, 0.2) is 17.1 Å². The number of amides is 5. The molecule has 2 saturated carbocycles. The number of carbonyl (C=O) groups excluding carboxylic acids is 6. The summed E-state index contributed by atoms with van der Waals surface area (Å²) >= 11 is 0. The van der Waals surface area contributed by atoms with E-state index < -0.39 is 70.5 Å². The highest BCUT2D eigenvalue weighted by atomic mass is 16.7. The van der Waals surface area contributed by atoms with Gasteiger partial charge in [0.1, 0.15) is 23.8 Å². The number of rotatable bonds is 14. The van der Waals surface area contributed by atoms with E-state index in [1.54, 1.807) is 12.1 Å². The number of ether oxygens (including phenoxy) is 2. The molecule has 5 aliphatic rings. The highest BCUT2D eigenvalue weighted by Gasteiger charge is 2.56. The maximum atomic E-state index is 15.1. The van der Waals surface area contributed by atoms with Crippen LogP contribution < -0.4 is 30.7 Å². The van der Waals surface area contributed by atoms with Gasteiger partial charge in [-0.25, -0.2) is 4.98 Å². The SMILES string of the molecule is CCC[C@H](NC(=O)[C@@H]1C[C@]2(CC(c3ccc4c(c3)OCO4)=NO2)CN1C(=O)[C@@H](NC(=O)[C@@H](NC(=O)c1cnccn1)C1CCCCC1)C(C)(C)C)C(=O)C(=O)NC1CC1. The number of carbonyl (C=O) groups is 6. The molecule has 0 bridgehead atoms. The normalized spacial score (nSPS) is 22.7. The summed E-state index contributed by atoms with van der Waals surface area (Å²) < 4.78 is 11.0. The molecular formula is C42H54N8O9. The number of fused-ring (bicyclic) bond motifs is 1. The number of nitrogens with one attached hydrogen (secondary N) is 4. The van der Waals surface area contributed by atoms with E-state index in [0.717, 1.165) is 37.7 Å². The van der Waals surface area contributed by atoms with E-state index in [1.807, 2.05) is 33.8 Å². The monoisotopic (exact) mass is 814 g/mol. The van der Waals surface area contributed by atoms with E-state index >= 15 is 4.79 Å². The number of likely N-dealkylation sites (tertiary alicyclic amines) is 1. The molecule has 4 heterocycles. The van der Waals surface area contributed by atoms with Crippen molar-refractivity contribution in [2.75, 3.05) is 13.3 Å². The highest BCUT2D eigenvalue weighted by molar-refractivity contribution is 6.38. The minimum absolute atomic E-state index is 0.0209. The van der Waals surface area contributed by atoms with Crippen molar-refractivity contribution in [2.45, 2.75) is 134 Å². The summed E-state index contributed by atoms with van der Waals surface area (Å²) in [5.41, 5.74) is -0.628. The van der Waals surface area contributed by atoms with Crippen molar-refractivity contribution in [3.63, 3.8) is 0 Å². The Morgan fingerprint density at radius 3 is 2.41 bits per heavy atom. The zero-order valence-electron chi connectivity index (χ0n) is 34.1. The Balaban J connectivity index is 1.15. The lowest BCUT2D eigenvalue weighted by Gasteiger charge is -2.37. The van der Waals surface area contributed by atoms with Crippen LogP contribution in [0.3, 0.4) is 0 Å². The number of nitrogens with zero attached hydrogens (tertiary/aromatic N) is 4. The van der Waals surface area contributed by atoms with Crippen molar-refractivity contribution in [2.24, 2.45) is 16.5 Å². The Labute approximate surface area is 343 Å². The van der Waals surface area contributed by atoms with Crippen molar-refractivity contribution in [1.82, 2.24) is 36.1 Å². The Morgan fingerprint density at radius 2 is 1.71 bits per heavy atom. The lowest BCUT2D eigenvalue weighted by Crippen LogP contribution is -2.62. The molecule has 17 heteroatoms. The number of benzene rings is 1. The molecule has 0 radical (unpaired) electrons. The van der Waals surface area contributed by atoms with Gasteiger partial charge >= 0.3 is 0 Å². The fourth-order valence-electron chi connectivity index (χ4n) is 8.37. The third kappa shape index (κ3) is 9.49. The van der Waals surface area contributed by atoms with Crippen LogP contribution in [0.5, 0.6) is 11.5 Å². The fourth-order valence-corrected chi connectivity index (χ4v) is 8.37. The van der Waals surface area contributed by atoms with Gasteiger partial charge in [0.25, 0.3) is 11.8 Å². The first-order chi connectivity index (χ1) is 28.2. The summed E-state index contributed by atoms with van der Waals surface area (Å²) in [7, 11) is 0.